The van der Waals surface area contributed by atoms with E-state index in [1.807, 2.05) is 6.92 Å². The van der Waals surface area contributed by atoms with E-state index in [-0.39, 0.29) is 24.1 Å². The van der Waals surface area contributed by atoms with Gasteiger partial charge in [0, 0.05) is 25.2 Å². The summed E-state index contributed by atoms with van der Waals surface area (Å²) >= 11 is 5.83. The first kappa shape index (κ1) is 15.0. The highest BCUT2D eigenvalue weighted by Crippen LogP contribution is 2.14. The largest absolute Gasteiger partial charge is 0.370 e. The number of nitrogens with one attached hydrogen (secondary N) is 3. The first-order chi connectivity index (χ1) is 9.02. The van der Waals surface area contributed by atoms with E-state index in [9.17, 15) is 9.59 Å². The Labute approximate surface area is 115 Å². The van der Waals surface area contributed by atoms with Gasteiger partial charge >= 0.3 is 6.03 Å². The predicted molar refractivity (Wildman–Crippen MR) is 73.3 cm³/mol. The highest BCUT2D eigenvalue weighted by molar-refractivity contribution is 6.29. The van der Waals surface area contributed by atoms with Crippen LogP contribution in [-0.4, -0.2) is 36.6 Å². The highest BCUT2D eigenvalue weighted by Gasteiger charge is 2.08. The van der Waals surface area contributed by atoms with Crippen molar-refractivity contribution in [2.45, 2.75) is 6.92 Å². The van der Waals surface area contributed by atoms with Gasteiger partial charge < -0.3 is 21.7 Å². The number of carbonyl (C=O) groups excluding carboxylic acids is 2. The van der Waals surface area contributed by atoms with Crippen LogP contribution in [0, 0.1) is 0 Å². The van der Waals surface area contributed by atoms with Crippen molar-refractivity contribution in [3.05, 3.63) is 22.8 Å². The second kappa shape index (κ2) is 7.42. The summed E-state index contributed by atoms with van der Waals surface area (Å²) in [6.45, 7) is 3.13. The molecule has 1 aromatic heterocycles. The molecule has 0 saturated carbocycles. The summed E-state index contributed by atoms with van der Waals surface area (Å²) in [5, 5.41) is 8.21. The molecule has 1 rings (SSSR count). The minimum absolute atomic E-state index is 0.235. The van der Waals surface area contributed by atoms with Gasteiger partial charge in [-0.2, -0.15) is 0 Å². The normalized spacial score (nSPS) is 9.79. The monoisotopic (exact) mass is 285 g/mol. The molecule has 1 heterocycles. The van der Waals surface area contributed by atoms with E-state index in [0.717, 1.165) is 0 Å². The maximum atomic E-state index is 11.8. The third kappa shape index (κ3) is 5.43. The van der Waals surface area contributed by atoms with E-state index in [2.05, 4.69) is 20.9 Å². The first-order valence-electron chi connectivity index (χ1n) is 5.76. The molecular formula is C11H16ClN5O2. The standard InChI is InChI=1S/C11H16ClN5O2/c1-2-14-9-6-7(5-8(12)17-9)10(18)15-3-4-16-11(13)19/h5-6H,2-4H2,1H3,(H,14,17)(H,15,18)(H3,13,16,19). The van der Waals surface area contributed by atoms with Crippen LogP contribution in [0.5, 0.6) is 0 Å². The van der Waals surface area contributed by atoms with Crippen molar-refractivity contribution in [3.63, 3.8) is 0 Å². The number of halogens is 1. The second-order valence-corrected chi connectivity index (χ2v) is 4.03. The van der Waals surface area contributed by atoms with E-state index in [4.69, 9.17) is 17.3 Å². The van der Waals surface area contributed by atoms with Crippen LogP contribution < -0.4 is 21.7 Å². The van der Waals surface area contributed by atoms with Gasteiger partial charge in [-0.1, -0.05) is 11.6 Å². The van der Waals surface area contributed by atoms with E-state index >= 15 is 0 Å². The van der Waals surface area contributed by atoms with Gasteiger partial charge in [-0.15, -0.1) is 0 Å². The zero-order chi connectivity index (χ0) is 14.3. The Morgan fingerprint density at radius 3 is 2.63 bits per heavy atom. The van der Waals surface area contributed by atoms with E-state index in [1.165, 1.54) is 6.07 Å². The van der Waals surface area contributed by atoms with E-state index in [1.54, 1.807) is 6.07 Å². The van der Waals surface area contributed by atoms with Crippen molar-refractivity contribution in [2.75, 3.05) is 25.0 Å². The minimum atomic E-state index is -0.629. The molecule has 0 aliphatic carbocycles. The lowest BCUT2D eigenvalue weighted by atomic mass is 10.2. The van der Waals surface area contributed by atoms with Crippen molar-refractivity contribution in [2.24, 2.45) is 5.73 Å². The number of anilines is 1. The third-order valence-electron chi connectivity index (χ3n) is 2.12. The van der Waals surface area contributed by atoms with Crippen molar-refractivity contribution in [1.82, 2.24) is 15.6 Å². The Bertz CT molecular complexity index is 466. The summed E-state index contributed by atoms with van der Waals surface area (Å²) in [7, 11) is 0. The molecule has 0 fully saturated rings. The molecule has 0 aromatic carbocycles. The number of nitrogens with two attached hydrogens (primary N) is 1. The van der Waals surface area contributed by atoms with Gasteiger partial charge in [0.15, 0.2) is 0 Å². The van der Waals surface area contributed by atoms with Crippen molar-refractivity contribution in [1.29, 1.82) is 0 Å². The molecular weight excluding hydrogens is 270 g/mol. The molecule has 0 aliphatic heterocycles. The Morgan fingerprint density at radius 2 is 2.00 bits per heavy atom. The summed E-state index contributed by atoms with van der Waals surface area (Å²) in [5.74, 6) is 0.241. The topological polar surface area (TPSA) is 109 Å². The van der Waals surface area contributed by atoms with Gasteiger partial charge in [0.1, 0.15) is 11.0 Å². The van der Waals surface area contributed by atoms with Crippen molar-refractivity contribution < 1.29 is 9.59 Å². The van der Waals surface area contributed by atoms with Crippen LogP contribution in [-0.2, 0) is 0 Å². The maximum absolute atomic E-state index is 11.8. The van der Waals surface area contributed by atoms with Crippen LogP contribution in [0.2, 0.25) is 5.15 Å². The quantitative estimate of drug-likeness (QED) is 0.452. The molecule has 0 atom stereocenters. The van der Waals surface area contributed by atoms with Crippen LogP contribution >= 0.6 is 11.6 Å². The molecule has 0 radical (unpaired) electrons. The number of pyridine rings is 1. The van der Waals surface area contributed by atoms with Gasteiger partial charge in [-0.05, 0) is 19.1 Å². The number of nitrogens with zero attached hydrogens (tertiary/aromatic N) is 1. The lowest BCUT2D eigenvalue weighted by Gasteiger charge is -2.08. The second-order valence-electron chi connectivity index (χ2n) is 3.64. The van der Waals surface area contributed by atoms with Gasteiger partial charge in [-0.3, -0.25) is 4.79 Å². The number of amides is 3. The predicted octanol–water partition coefficient (Wildman–Crippen LogP) is 0.565. The Morgan fingerprint density at radius 1 is 1.32 bits per heavy atom. The lowest BCUT2D eigenvalue weighted by Crippen LogP contribution is -2.37. The fourth-order valence-corrected chi connectivity index (χ4v) is 1.57. The molecule has 0 spiro atoms. The number of primary amides is 1. The van der Waals surface area contributed by atoms with Crippen molar-refractivity contribution >= 4 is 29.4 Å². The summed E-state index contributed by atoms with van der Waals surface area (Å²) in [5.41, 5.74) is 5.29. The highest BCUT2D eigenvalue weighted by atomic mass is 35.5. The molecule has 3 amide bonds. The molecule has 5 N–H and O–H groups in total. The smallest absolute Gasteiger partial charge is 0.312 e. The number of hydrogen-bond acceptors (Lipinski definition) is 4. The molecule has 0 bridgehead atoms. The SMILES string of the molecule is CCNc1cc(C(=O)NCCNC(N)=O)cc(Cl)n1. The molecule has 104 valence electrons. The summed E-state index contributed by atoms with van der Waals surface area (Å²) in [4.78, 5) is 26.3. The lowest BCUT2D eigenvalue weighted by molar-refractivity contribution is 0.0954. The van der Waals surface area contributed by atoms with Gasteiger partial charge in [0.2, 0.25) is 0 Å². The zero-order valence-electron chi connectivity index (χ0n) is 10.5. The summed E-state index contributed by atoms with van der Waals surface area (Å²) in [6.07, 6.45) is 0. The Balaban J connectivity index is 2.58. The van der Waals surface area contributed by atoms with E-state index in [0.29, 0.717) is 17.9 Å². The van der Waals surface area contributed by atoms with Crippen LogP contribution in [0.3, 0.4) is 0 Å². The molecule has 19 heavy (non-hydrogen) atoms. The van der Waals surface area contributed by atoms with E-state index < -0.39 is 6.03 Å². The molecule has 8 heteroatoms. The Kier molecular flexibility index (Phi) is 5.87. The Hall–Kier alpha value is -2.02. The fraction of sp³-hybridized carbons (Fsp3) is 0.364. The van der Waals surface area contributed by atoms with Gasteiger partial charge in [0.05, 0.1) is 0 Å². The number of aromatic nitrogens is 1. The number of urea groups is 1. The number of rotatable bonds is 6. The zero-order valence-corrected chi connectivity index (χ0v) is 11.3. The molecule has 0 saturated heterocycles. The van der Waals surface area contributed by atoms with Gasteiger partial charge in [0.25, 0.3) is 5.91 Å². The molecule has 1 aromatic rings. The van der Waals surface area contributed by atoms with Crippen LogP contribution in [0.1, 0.15) is 17.3 Å². The van der Waals surface area contributed by atoms with Crippen LogP contribution in [0.15, 0.2) is 12.1 Å². The third-order valence-corrected chi connectivity index (χ3v) is 2.32. The molecule has 7 nitrogen and oxygen atoms in total. The number of hydrogen-bond donors (Lipinski definition) is 4. The van der Waals surface area contributed by atoms with Crippen molar-refractivity contribution in [3.8, 4) is 0 Å². The minimum Gasteiger partial charge on any atom is -0.370 e. The first-order valence-corrected chi connectivity index (χ1v) is 6.13. The maximum Gasteiger partial charge on any atom is 0.312 e. The molecule has 0 unspecified atom stereocenters. The fourth-order valence-electron chi connectivity index (χ4n) is 1.36. The van der Waals surface area contributed by atoms with Crippen LogP contribution in [0.25, 0.3) is 0 Å². The average Bonchev–Trinajstić information content (AvgIpc) is 2.34. The molecule has 0 aliphatic rings. The summed E-state index contributed by atoms with van der Waals surface area (Å²) < 4.78 is 0. The van der Waals surface area contributed by atoms with Crippen LogP contribution in [0.4, 0.5) is 10.6 Å². The number of carbonyl (C=O) groups is 2. The average molecular weight is 286 g/mol. The summed E-state index contributed by atoms with van der Waals surface area (Å²) in [6, 6.07) is 2.45. The van der Waals surface area contributed by atoms with Gasteiger partial charge in [-0.25, -0.2) is 9.78 Å².